The summed E-state index contributed by atoms with van der Waals surface area (Å²) in [7, 11) is -3.45. The molecule has 1 amide bonds. The molecule has 0 N–H and O–H groups in total. The number of sulfone groups is 1. The first-order valence-corrected chi connectivity index (χ1v) is 12.8. The van der Waals surface area contributed by atoms with Crippen LogP contribution < -0.4 is 4.90 Å². The summed E-state index contributed by atoms with van der Waals surface area (Å²) < 4.78 is 25.2. The van der Waals surface area contributed by atoms with Gasteiger partial charge in [0.25, 0.3) is 0 Å². The Hall–Kier alpha value is -3.79. The van der Waals surface area contributed by atoms with Crippen molar-refractivity contribution in [3.63, 3.8) is 0 Å². The van der Waals surface area contributed by atoms with Crippen LogP contribution in [0.5, 0.6) is 0 Å². The number of nitrogens with zero attached hydrogens (tertiary/aromatic N) is 6. The average molecular weight is 477 g/mol. The Morgan fingerprint density at radius 1 is 0.941 bits per heavy atom. The van der Waals surface area contributed by atoms with E-state index in [1.807, 2.05) is 58.1 Å². The highest BCUT2D eigenvalue weighted by atomic mass is 32.2. The lowest BCUT2D eigenvalue weighted by Gasteiger charge is -2.37. The molecular formula is C24H24N6O3S. The van der Waals surface area contributed by atoms with E-state index in [-0.39, 0.29) is 17.6 Å². The number of benzene rings is 1. The van der Waals surface area contributed by atoms with E-state index in [0.717, 1.165) is 34.1 Å². The molecule has 0 unspecified atom stereocenters. The summed E-state index contributed by atoms with van der Waals surface area (Å²) in [6.07, 6.45) is 7.80. The fraction of sp³-hybridized carbons (Fsp3) is 0.250. The second kappa shape index (κ2) is 8.86. The number of hydrogen-bond donors (Lipinski definition) is 0. The molecule has 1 aliphatic heterocycles. The van der Waals surface area contributed by atoms with Crippen LogP contribution in [-0.2, 0) is 21.2 Å². The summed E-state index contributed by atoms with van der Waals surface area (Å²) in [5.41, 5.74) is 3.49. The van der Waals surface area contributed by atoms with Crippen molar-refractivity contribution in [2.24, 2.45) is 0 Å². The molecule has 5 rings (SSSR count). The van der Waals surface area contributed by atoms with Crippen molar-refractivity contribution in [1.82, 2.24) is 24.4 Å². The van der Waals surface area contributed by atoms with Gasteiger partial charge in [-0.2, -0.15) is 0 Å². The summed E-state index contributed by atoms with van der Waals surface area (Å²) >= 11 is 0. The summed E-state index contributed by atoms with van der Waals surface area (Å²) in [6.45, 7) is 2.87. The molecule has 0 aliphatic carbocycles. The third-order valence-electron chi connectivity index (χ3n) is 5.98. The summed E-state index contributed by atoms with van der Waals surface area (Å²) in [5, 5.41) is 0.830. The number of anilines is 1. The predicted molar refractivity (Wildman–Crippen MR) is 129 cm³/mol. The van der Waals surface area contributed by atoms with Crippen LogP contribution in [0.1, 0.15) is 0 Å². The van der Waals surface area contributed by atoms with Crippen LogP contribution in [0.4, 0.5) is 5.69 Å². The fourth-order valence-corrected chi connectivity index (χ4v) is 4.72. The third-order valence-corrected chi connectivity index (χ3v) is 6.85. The van der Waals surface area contributed by atoms with Gasteiger partial charge < -0.3 is 14.4 Å². The van der Waals surface area contributed by atoms with Gasteiger partial charge in [-0.1, -0.05) is 18.2 Å². The van der Waals surface area contributed by atoms with Crippen LogP contribution in [-0.4, -0.2) is 71.2 Å². The van der Waals surface area contributed by atoms with E-state index in [1.165, 1.54) is 12.4 Å². The van der Waals surface area contributed by atoms with Gasteiger partial charge in [-0.3, -0.25) is 4.79 Å². The SMILES string of the molecule is CS(=O)(=O)c1ncc(-c2ccccc2N2CCN(C(=O)Cn3ccc4cccnc43)CC2)cn1. The van der Waals surface area contributed by atoms with Gasteiger partial charge in [0.1, 0.15) is 12.2 Å². The van der Waals surface area contributed by atoms with E-state index < -0.39 is 9.84 Å². The van der Waals surface area contributed by atoms with Gasteiger partial charge in [0, 0.05) is 79.4 Å². The molecule has 174 valence electrons. The van der Waals surface area contributed by atoms with Crippen LogP contribution in [0.2, 0.25) is 0 Å². The van der Waals surface area contributed by atoms with Gasteiger partial charge in [0.15, 0.2) is 0 Å². The Bertz CT molecular complexity index is 1440. The minimum Gasteiger partial charge on any atom is -0.367 e. The number of amides is 1. The van der Waals surface area contributed by atoms with E-state index in [1.54, 1.807) is 6.20 Å². The van der Waals surface area contributed by atoms with Crippen molar-refractivity contribution < 1.29 is 13.2 Å². The van der Waals surface area contributed by atoms with Crippen LogP contribution in [0.25, 0.3) is 22.2 Å². The first-order chi connectivity index (χ1) is 16.4. The summed E-state index contributed by atoms with van der Waals surface area (Å²) in [4.78, 5) is 29.5. The first kappa shape index (κ1) is 22.0. The largest absolute Gasteiger partial charge is 0.367 e. The molecule has 10 heteroatoms. The van der Waals surface area contributed by atoms with E-state index in [2.05, 4.69) is 19.9 Å². The highest BCUT2D eigenvalue weighted by Gasteiger charge is 2.23. The molecular weight excluding hydrogens is 452 g/mol. The number of para-hydroxylation sites is 1. The Morgan fingerprint density at radius 2 is 1.68 bits per heavy atom. The molecule has 4 heterocycles. The number of rotatable bonds is 5. The van der Waals surface area contributed by atoms with Crippen LogP contribution >= 0.6 is 0 Å². The first-order valence-electron chi connectivity index (χ1n) is 10.9. The number of pyridine rings is 1. The van der Waals surface area contributed by atoms with Crippen molar-refractivity contribution in [3.05, 3.63) is 67.3 Å². The maximum absolute atomic E-state index is 12.9. The summed E-state index contributed by atoms with van der Waals surface area (Å²) in [6, 6.07) is 13.7. The van der Waals surface area contributed by atoms with Crippen LogP contribution in [0, 0.1) is 0 Å². The van der Waals surface area contributed by atoms with Gasteiger partial charge in [-0.05, 0) is 24.3 Å². The quantitative estimate of drug-likeness (QED) is 0.407. The zero-order valence-corrected chi connectivity index (χ0v) is 19.5. The third kappa shape index (κ3) is 4.36. The number of piperazine rings is 1. The van der Waals surface area contributed by atoms with Crippen LogP contribution in [0.15, 0.2) is 72.4 Å². The van der Waals surface area contributed by atoms with Crippen molar-refractivity contribution >= 4 is 32.5 Å². The molecule has 1 aromatic carbocycles. The molecule has 0 radical (unpaired) electrons. The minimum atomic E-state index is -3.45. The number of carbonyl (C=O) groups is 1. The normalized spacial score (nSPS) is 14.5. The molecule has 1 aliphatic rings. The molecule has 0 spiro atoms. The van der Waals surface area contributed by atoms with Crippen molar-refractivity contribution in [3.8, 4) is 11.1 Å². The highest BCUT2D eigenvalue weighted by Crippen LogP contribution is 2.31. The molecule has 0 saturated carbocycles. The van der Waals surface area contributed by atoms with E-state index in [9.17, 15) is 13.2 Å². The Balaban J connectivity index is 1.28. The zero-order chi connectivity index (χ0) is 23.7. The zero-order valence-electron chi connectivity index (χ0n) is 18.7. The number of carbonyl (C=O) groups excluding carboxylic acids is 1. The molecule has 4 aromatic rings. The Morgan fingerprint density at radius 3 is 2.41 bits per heavy atom. The van der Waals surface area contributed by atoms with Gasteiger partial charge in [0.2, 0.25) is 20.9 Å². The van der Waals surface area contributed by atoms with Gasteiger partial charge in [-0.15, -0.1) is 0 Å². The monoisotopic (exact) mass is 476 g/mol. The second-order valence-corrected chi connectivity index (χ2v) is 10.2. The Kier molecular flexibility index (Phi) is 5.74. The van der Waals surface area contributed by atoms with Gasteiger partial charge >= 0.3 is 0 Å². The average Bonchev–Trinajstić information content (AvgIpc) is 3.26. The number of aromatic nitrogens is 4. The Labute approximate surface area is 197 Å². The van der Waals surface area contributed by atoms with E-state index >= 15 is 0 Å². The topological polar surface area (TPSA) is 101 Å². The molecule has 1 fully saturated rings. The number of hydrogen-bond acceptors (Lipinski definition) is 7. The van der Waals surface area contributed by atoms with Gasteiger partial charge in [0.05, 0.1) is 0 Å². The predicted octanol–water partition coefficient (Wildman–Crippen LogP) is 2.25. The van der Waals surface area contributed by atoms with Crippen molar-refractivity contribution in [2.75, 3.05) is 37.3 Å². The molecule has 9 nitrogen and oxygen atoms in total. The molecule has 0 bridgehead atoms. The number of fused-ring (bicyclic) bond motifs is 1. The molecule has 3 aromatic heterocycles. The van der Waals surface area contributed by atoms with Crippen molar-refractivity contribution in [2.45, 2.75) is 11.7 Å². The maximum atomic E-state index is 12.9. The molecule has 0 atom stereocenters. The maximum Gasteiger partial charge on any atom is 0.246 e. The second-order valence-electron chi connectivity index (χ2n) is 8.27. The smallest absolute Gasteiger partial charge is 0.246 e. The lowest BCUT2D eigenvalue weighted by atomic mass is 10.1. The fourth-order valence-electron chi connectivity index (χ4n) is 4.23. The summed E-state index contributed by atoms with van der Waals surface area (Å²) in [5.74, 6) is 0.0702. The lowest BCUT2D eigenvalue weighted by Crippen LogP contribution is -2.49. The van der Waals surface area contributed by atoms with Crippen LogP contribution in [0.3, 0.4) is 0 Å². The minimum absolute atomic E-state index is 0.0702. The lowest BCUT2D eigenvalue weighted by molar-refractivity contribution is -0.132. The standard InChI is InChI=1S/C24H24N6O3S/c1-34(32,33)24-26-15-19(16-27-24)20-6-2-3-7-21(20)28-11-13-29(14-12-28)22(31)17-30-10-8-18-5-4-9-25-23(18)30/h2-10,15-16H,11-14,17H2,1H3. The van der Waals surface area contributed by atoms with Gasteiger partial charge in [-0.25, -0.2) is 23.4 Å². The highest BCUT2D eigenvalue weighted by molar-refractivity contribution is 7.90. The molecule has 34 heavy (non-hydrogen) atoms. The van der Waals surface area contributed by atoms with E-state index in [4.69, 9.17) is 0 Å². The molecule has 1 saturated heterocycles. The van der Waals surface area contributed by atoms with Crippen molar-refractivity contribution in [1.29, 1.82) is 0 Å². The van der Waals surface area contributed by atoms with E-state index in [0.29, 0.717) is 26.2 Å².